The van der Waals surface area contributed by atoms with E-state index in [1.807, 2.05) is 79.0 Å². The van der Waals surface area contributed by atoms with Crippen molar-refractivity contribution in [2.75, 3.05) is 0 Å². The molecule has 0 aliphatic heterocycles. The summed E-state index contributed by atoms with van der Waals surface area (Å²) in [6, 6.07) is 162. The van der Waals surface area contributed by atoms with Crippen molar-refractivity contribution in [1.82, 2.24) is 58.6 Å². The Balaban J connectivity index is 0.000000105. The summed E-state index contributed by atoms with van der Waals surface area (Å²) in [5, 5.41) is 29.0. The Labute approximate surface area is 853 Å². The van der Waals surface area contributed by atoms with Crippen LogP contribution in [0, 0.1) is 0 Å². The summed E-state index contributed by atoms with van der Waals surface area (Å²) < 4.78 is 13.5. The zero-order valence-corrected chi connectivity index (χ0v) is 80.8. The third-order valence-electron chi connectivity index (χ3n) is 30.7. The van der Waals surface area contributed by atoms with Crippen LogP contribution < -0.4 is 0 Å². The van der Waals surface area contributed by atoms with Gasteiger partial charge in [-0.3, -0.25) is 13.7 Å². The smallest absolute Gasteiger partial charge is 0.167 e. The number of nitrogens with zero attached hydrogens (tertiary/aromatic N) is 12. The quantitative estimate of drug-likeness (QED) is 0.128. The number of aromatic nitrogens is 12. The average molecular weight is 1900 g/mol. The fraction of sp³-hybridized carbons (Fsp3) is 0.0221. The number of hydrogen-bond acceptors (Lipinski definition) is 10. The van der Waals surface area contributed by atoms with Crippen LogP contribution in [-0.4, -0.2) is 58.6 Å². The van der Waals surface area contributed by atoms with Crippen molar-refractivity contribution in [3.05, 3.63) is 485 Å². The van der Waals surface area contributed by atoms with E-state index in [0.717, 1.165) is 133 Å². The fourth-order valence-electron chi connectivity index (χ4n) is 23.8. The van der Waals surface area contributed by atoms with Gasteiger partial charge in [-0.15, -0.1) is 0 Å². The third-order valence-corrected chi connectivity index (χ3v) is 30.7. The second-order valence-corrected chi connectivity index (χ2v) is 39.4. The lowest BCUT2D eigenvalue weighted by atomic mass is 9.80. The first kappa shape index (κ1) is 84.8. The minimum absolute atomic E-state index is 0.228. The monoisotopic (exact) mass is 1900 g/mol. The number of hydrogen-bond donors (Lipinski definition) is 0. The van der Waals surface area contributed by atoms with E-state index in [9.17, 15) is 0 Å². The SMILES string of the molecule is CC1(C)c2ccccc2-c2cccc(-c3nc(-n4c5cc(-c6cc7ccccc7c7ccccc67)ccc5c5cc6ccccc6cc54)c4cccnc4n3)c21.c1ccc(-c2nc(-n3c4cc5ccccc5cc4c4c(-c5ccccc5)cccc43)c3cccnc3n2)cc1.c1ccc2cc3c(cc2c1)c1ccc(-c2ccc4ccc5ccccc5c4c2)cc1n3-c1nc(-c2cccc3c2oc2ccccc23)nc2ncccc12. The lowest BCUT2D eigenvalue weighted by Gasteiger charge is -2.24. The molecule has 0 fully saturated rings. The summed E-state index contributed by atoms with van der Waals surface area (Å²) in [6.45, 7) is 4.63. The molecule has 32 rings (SSSR count). The van der Waals surface area contributed by atoms with E-state index in [1.54, 1.807) is 12.4 Å². The predicted octanol–water partition coefficient (Wildman–Crippen LogP) is 34.6. The molecule has 31 aromatic rings. The first-order valence-corrected chi connectivity index (χ1v) is 50.5. The number of rotatable bonds is 9. The Morgan fingerprint density at radius 2 is 0.604 bits per heavy atom. The molecule has 0 saturated heterocycles. The molecular formula is C136H84N12O. The zero-order valence-electron chi connectivity index (χ0n) is 80.8. The molecule has 0 spiro atoms. The van der Waals surface area contributed by atoms with Crippen molar-refractivity contribution in [3.63, 3.8) is 0 Å². The number of furan rings is 1. The van der Waals surface area contributed by atoms with Crippen molar-refractivity contribution in [2.45, 2.75) is 19.3 Å². The van der Waals surface area contributed by atoms with Crippen molar-refractivity contribution < 1.29 is 4.42 Å². The number of benzene rings is 21. The van der Waals surface area contributed by atoms with Gasteiger partial charge in [-0.05, 0) is 246 Å². The maximum Gasteiger partial charge on any atom is 0.167 e. The van der Waals surface area contributed by atoms with E-state index in [2.05, 4.69) is 415 Å². The highest BCUT2D eigenvalue weighted by atomic mass is 16.3. The van der Waals surface area contributed by atoms with Gasteiger partial charge in [-0.1, -0.05) is 354 Å². The van der Waals surface area contributed by atoms with Crippen LogP contribution in [0.2, 0.25) is 0 Å². The average Bonchev–Trinajstić information content (AvgIpc) is 1.58. The topological polar surface area (TPSA) is 144 Å². The lowest BCUT2D eigenvalue weighted by Crippen LogP contribution is -2.17. The Bertz CT molecular complexity index is 11100. The van der Waals surface area contributed by atoms with Crippen LogP contribution in [0.25, 0.3) is 292 Å². The third kappa shape index (κ3) is 13.6. The molecule has 694 valence electrons. The van der Waals surface area contributed by atoms with Gasteiger partial charge in [0.15, 0.2) is 51.9 Å². The van der Waals surface area contributed by atoms with Crippen molar-refractivity contribution >= 4 is 196 Å². The van der Waals surface area contributed by atoms with E-state index in [1.165, 1.54) is 136 Å². The highest BCUT2D eigenvalue weighted by Crippen LogP contribution is 2.54. The molecule has 13 nitrogen and oxygen atoms in total. The Morgan fingerprint density at radius 3 is 1.23 bits per heavy atom. The summed E-state index contributed by atoms with van der Waals surface area (Å²) >= 11 is 0. The second-order valence-electron chi connectivity index (χ2n) is 39.4. The Hall–Kier alpha value is -19.9. The summed E-state index contributed by atoms with van der Waals surface area (Å²) in [5.74, 6) is 4.32. The van der Waals surface area contributed by atoms with Gasteiger partial charge in [0.1, 0.15) is 11.2 Å². The largest absolute Gasteiger partial charge is 0.455 e. The van der Waals surface area contributed by atoms with Crippen LogP contribution >= 0.6 is 0 Å². The maximum absolute atomic E-state index is 6.48. The summed E-state index contributed by atoms with van der Waals surface area (Å²) in [4.78, 5) is 45.7. The summed E-state index contributed by atoms with van der Waals surface area (Å²) in [5.41, 5.74) is 24.8. The van der Waals surface area contributed by atoms with Gasteiger partial charge in [-0.2, -0.15) is 0 Å². The van der Waals surface area contributed by atoms with Gasteiger partial charge in [0.2, 0.25) is 0 Å². The minimum Gasteiger partial charge on any atom is -0.455 e. The van der Waals surface area contributed by atoms with Gasteiger partial charge < -0.3 is 4.42 Å². The van der Waals surface area contributed by atoms with Crippen LogP contribution in [-0.2, 0) is 5.41 Å². The fourth-order valence-corrected chi connectivity index (χ4v) is 23.8. The minimum atomic E-state index is -0.228. The molecule has 1 aliphatic rings. The molecule has 13 heteroatoms. The van der Waals surface area contributed by atoms with Gasteiger partial charge >= 0.3 is 0 Å². The highest BCUT2D eigenvalue weighted by Gasteiger charge is 2.39. The van der Waals surface area contributed by atoms with Crippen LogP contribution in [0.5, 0.6) is 0 Å². The Morgan fingerprint density at radius 1 is 0.201 bits per heavy atom. The normalized spacial score (nSPS) is 12.4. The number of pyridine rings is 3. The first-order valence-electron chi connectivity index (χ1n) is 50.5. The van der Waals surface area contributed by atoms with Crippen molar-refractivity contribution in [3.8, 4) is 96.1 Å². The van der Waals surface area contributed by atoms with Crippen LogP contribution in [0.3, 0.4) is 0 Å². The van der Waals surface area contributed by atoms with Gasteiger partial charge in [-0.25, -0.2) is 44.9 Å². The van der Waals surface area contributed by atoms with E-state index < -0.39 is 0 Å². The van der Waals surface area contributed by atoms with Crippen LogP contribution in [0.1, 0.15) is 25.0 Å². The molecule has 149 heavy (non-hydrogen) atoms. The molecule has 10 aromatic heterocycles. The molecule has 0 bridgehead atoms. The molecule has 0 atom stereocenters. The summed E-state index contributed by atoms with van der Waals surface area (Å²) in [7, 11) is 0. The number of para-hydroxylation sites is 2. The second kappa shape index (κ2) is 33.6. The molecule has 0 radical (unpaired) electrons. The van der Waals surface area contributed by atoms with Gasteiger partial charge in [0, 0.05) is 78.2 Å². The molecule has 0 unspecified atom stereocenters. The molecule has 0 saturated carbocycles. The van der Waals surface area contributed by atoms with Crippen molar-refractivity contribution in [1.29, 1.82) is 0 Å². The van der Waals surface area contributed by atoms with Crippen LogP contribution in [0.4, 0.5) is 0 Å². The zero-order chi connectivity index (χ0) is 98.2. The van der Waals surface area contributed by atoms with Crippen molar-refractivity contribution in [2.24, 2.45) is 0 Å². The van der Waals surface area contributed by atoms with E-state index >= 15 is 0 Å². The molecular weight excluding hydrogens is 1820 g/mol. The first-order chi connectivity index (χ1) is 73.6. The predicted molar refractivity (Wildman–Crippen MR) is 615 cm³/mol. The lowest BCUT2D eigenvalue weighted by molar-refractivity contribution is 0.661. The van der Waals surface area contributed by atoms with E-state index in [4.69, 9.17) is 44.3 Å². The van der Waals surface area contributed by atoms with Gasteiger partial charge in [0.25, 0.3) is 0 Å². The molecule has 0 amide bonds. The maximum atomic E-state index is 6.48. The molecule has 0 N–H and O–H groups in total. The van der Waals surface area contributed by atoms with E-state index in [-0.39, 0.29) is 5.41 Å². The van der Waals surface area contributed by atoms with Gasteiger partial charge in [0.05, 0.1) is 54.8 Å². The molecule has 1 aliphatic carbocycles. The molecule has 21 aromatic carbocycles. The Kier molecular flexibility index (Phi) is 19.1. The molecule has 10 heterocycles. The number of fused-ring (bicyclic) bond motifs is 27. The standard InChI is InChI=1S/C52H34N4.C49H28N4O.C35H22N4/c1-52(2)45-23-10-9-19-38(45)40-20-11-21-41(48(40)52)50-54-49-42(22-12-26-53-49)51(55-50)56-46-30-34(24-25-39(46)44-27-31-13-3-4-14-32(31)29-47(44)56)43-28-33-15-5-6-16-35(33)36-17-7-8-18-37(36)43;1-2-11-32-27-44-42(26-31(32)10-1)36-23-22-34(33-21-20-30-19-18-29-9-3-4-12-35(29)41(30)25-33)28-43(36)53(44)49-40-16-8-24-50-47(40)51-48(52-49)39-15-7-14-38-37-13-5-6-17-45(37)54-46(38)39;1-3-11-23(12-4-1)27-17-9-19-30-32(27)29-21-25-15-7-8-16-26(25)22-31(29)39(30)35-28-18-10-20-36-34(28)37-33(38-35)24-13-5-2-6-14-24/h3-30H,1-2H3;1-28H;1-22H. The summed E-state index contributed by atoms with van der Waals surface area (Å²) in [6.07, 6.45) is 5.42. The van der Waals surface area contributed by atoms with Crippen LogP contribution in [0.15, 0.2) is 478 Å². The van der Waals surface area contributed by atoms with E-state index in [0.29, 0.717) is 34.4 Å². The highest BCUT2D eigenvalue weighted by molar-refractivity contribution is 6.23.